The van der Waals surface area contributed by atoms with Gasteiger partial charge in [0, 0.05) is 18.0 Å². The molecule has 1 aromatic carbocycles. The molecule has 0 fully saturated rings. The predicted octanol–water partition coefficient (Wildman–Crippen LogP) is 2.28. The second kappa shape index (κ2) is 5.53. The molecule has 0 amide bonds. The Morgan fingerprint density at radius 2 is 2.00 bits per heavy atom. The van der Waals surface area contributed by atoms with Crippen LogP contribution in [-0.4, -0.2) is 30.7 Å². The molecule has 6 nitrogen and oxygen atoms in total. The largest absolute Gasteiger partial charge is 0.478 e. The van der Waals surface area contributed by atoms with Crippen molar-refractivity contribution in [1.29, 1.82) is 0 Å². The number of ether oxygens (including phenoxy) is 1. The summed E-state index contributed by atoms with van der Waals surface area (Å²) in [5.41, 5.74) is 0.601. The Bertz CT molecular complexity index is 799. The van der Waals surface area contributed by atoms with E-state index >= 15 is 0 Å². The number of benzene rings is 1. The zero-order chi connectivity index (χ0) is 15.6. The van der Waals surface area contributed by atoms with Crippen LogP contribution < -0.4 is 4.74 Å². The number of aromatic nitrogens is 1. The first-order chi connectivity index (χ1) is 9.77. The van der Waals surface area contributed by atoms with Crippen LogP contribution in [0.3, 0.4) is 0 Å². The number of hydrogen-bond acceptors (Lipinski definition) is 5. The van der Waals surface area contributed by atoms with Crippen LogP contribution in [0.2, 0.25) is 0 Å². The number of nitrogens with zero attached hydrogens (tertiary/aromatic N) is 1. The van der Waals surface area contributed by atoms with E-state index in [9.17, 15) is 13.2 Å². The van der Waals surface area contributed by atoms with Gasteiger partial charge in [-0.1, -0.05) is 6.07 Å². The van der Waals surface area contributed by atoms with E-state index < -0.39 is 15.8 Å². The Kier molecular flexibility index (Phi) is 3.95. The summed E-state index contributed by atoms with van der Waals surface area (Å²) in [6, 6.07) is 7.45. The number of aryl methyl sites for hydroxylation is 1. The van der Waals surface area contributed by atoms with Crippen LogP contribution in [0.25, 0.3) is 0 Å². The monoisotopic (exact) mass is 307 g/mol. The molecule has 1 N–H and O–H groups in total. The van der Waals surface area contributed by atoms with Crippen LogP contribution in [0.1, 0.15) is 15.9 Å². The molecule has 0 saturated carbocycles. The molecule has 0 radical (unpaired) electrons. The predicted molar refractivity (Wildman–Crippen MR) is 75.6 cm³/mol. The maximum Gasteiger partial charge on any atom is 0.337 e. The number of aromatic carboxylic acids is 1. The molecule has 2 aromatic rings. The average Bonchev–Trinajstić information content (AvgIpc) is 2.40. The van der Waals surface area contributed by atoms with Gasteiger partial charge in [0.1, 0.15) is 5.75 Å². The third kappa shape index (κ3) is 3.57. The second-order valence-corrected chi connectivity index (χ2v) is 6.52. The normalized spacial score (nSPS) is 11.1. The summed E-state index contributed by atoms with van der Waals surface area (Å²) in [4.78, 5) is 14.9. The molecule has 0 saturated heterocycles. The quantitative estimate of drug-likeness (QED) is 0.931. The number of carboxylic acid groups (broad SMARTS) is 1. The van der Waals surface area contributed by atoms with E-state index in [1.807, 2.05) is 0 Å². The molecule has 0 spiro atoms. The number of sulfone groups is 1. The fourth-order valence-electron chi connectivity index (χ4n) is 1.67. The molecule has 0 bridgehead atoms. The lowest BCUT2D eigenvalue weighted by Crippen LogP contribution is -2.00. The van der Waals surface area contributed by atoms with E-state index in [2.05, 4.69) is 4.98 Å². The number of rotatable bonds is 4. The summed E-state index contributed by atoms with van der Waals surface area (Å²) < 4.78 is 28.5. The van der Waals surface area contributed by atoms with Gasteiger partial charge in [0.25, 0.3) is 0 Å². The summed E-state index contributed by atoms with van der Waals surface area (Å²) in [6.07, 6.45) is 2.29. The Balaban J connectivity index is 2.33. The molecule has 1 aromatic heterocycles. The van der Waals surface area contributed by atoms with Gasteiger partial charge < -0.3 is 9.84 Å². The second-order valence-electron chi connectivity index (χ2n) is 4.50. The SMILES string of the molecule is Cc1cc(C(=O)O)cnc1Oc1cccc(S(C)(=O)=O)c1. The average molecular weight is 307 g/mol. The van der Waals surface area contributed by atoms with Crippen molar-refractivity contribution in [3.05, 3.63) is 47.7 Å². The molecule has 2 rings (SSSR count). The van der Waals surface area contributed by atoms with Crippen molar-refractivity contribution in [2.45, 2.75) is 11.8 Å². The van der Waals surface area contributed by atoms with Crippen molar-refractivity contribution in [1.82, 2.24) is 4.98 Å². The Morgan fingerprint density at radius 1 is 1.29 bits per heavy atom. The van der Waals surface area contributed by atoms with Gasteiger partial charge in [-0.05, 0) is 31.2 Å². The topological polar surface area (TPSA) is 93.6 Å². The lowest BCUT2D eigenvalue weighted by atomic mass is 10.2. The van der Waals surface area contributed by atoms with E-state index in [0.29, 0.717) is 11.3 Å². The van der Waals surface area contributed by atoms with Crippen LogP contribution in [0.5, 0.6) is 11.6 Å². The van der Waals surface area contributed by atoms with Crippen LogP contribution in [0.4, 0.5) is 0 Å². The van der Waals surface area contributed by atoms with Gasteiger partial charge in [0.15, 0.2) is 9.84 Å². The highest BCUT2D eigenvalue weighted by Crippen LogP contribution is 2.25. The first kappa shape index (κ1) is 15.0. The maximum atomic E-state index is 11.5. The first-order valence-electron chi connectivity index (χ1n) is 5.95. The molecule has 0 unspecified atom stereocenters. The van der Waals surface area contributed by atoms with Crippen molar-refractivity contribution in [2.75, 3.05) is 6.26 Å². The highest BCUT2D eigenvalue weighted by molar-refractivity contribution is 7.90. The zero-order valence-electron chi connectivity index (χ0n) is 11.4. The Labute approximate surface area is 121 Å². The standard InChI is InChI=1S/C14H13NO5S/c1-9-6-10(14(16)17)8-15-13(9)20-11-4-3-5-12(7-11)21(2,18)19/h3-8H,1-2H3,(H,16,17). The maximum absolute atomic E-state index is 11.5. The van der Waals surface area contributed by atoms with Crippen LogP contribution in [0.15, 0.2) is 41.4 Å². The van der Waals surface area contributed by atoms with Crippen molar-refractivity contribution in [2.24, 2.45) is 0 Å². The molecule has 21 heavy (non-hydrogen) atoms. The third-order valence-electron chi connectivity index (χ3n) is 2.73. The van der Waals surface area contributed by atoms with E-state index in [0.717, 1.165) is 6.26 Å². The highest BCUT2D eigenvalue weighted by atomic mass is 32.2. The minimum atomic E-state index is -3.32. The summed E-state index contributed by atoms with van der Waals surface area (Å²) in [5, 5.41) is 8.87. The van der Waals surface area contributed by atoms with Gasteiger partial charge in [-0.3, -0.25) is 0 Å². The summed E-state index contributed by atoms with van der Waals surface area (Å²) in [7, 11) is -3.32. The summed E-state index contributed by atoms with van der Waals surface area (Å²) in [5.74, 6) is -0.529. The highest BCUT2D eigenvalue weighted by Gasteiger charge is 2.11. The Morgan fingerprint density at radius 3 is 2.57 bits per heavy atom. The lowest BCUT2D eigenvalue weighted by Gasteiger charge is -2.09. The fourth-order valence-corrected chi connectivity index (χ4v) is 2.32. The summed E-state index contributed by atoms with van der Waals surface area (Å²) in [6.45, 7) is 1.66. The van der Waals surface area contributed by atoms with Crippen LogP contribution >= 0.6 is 0 Å². The van der Waals surface area contributed by atoms with Gasteiger partial charge in [0.05, 0.1) is 10.5 Å². The van der Waals surface area contributed by atoms with E-state index in [1.165, 1.54) is 24.4 Å². The number of carbonyl (C=O) groups is 1. The van der Waals surface area contributed by atoms with E-state index in [4.69, 9.17) is 9.84 Å². The van der Waals surface area contributed by atoms with Crippen molar-refractivity contribution in [3.8, 4) is 11.6 Å². The molecular weight excluding hydrogens is 294 g/mol. The number of pyridine rings is 1. The van der Waals surface area contributed by atoms with Crippen LogP contribution in [0, 0.1) is 6.92 Å². The van der Waals surface area contributed by atoms with Crippen molar-refractivity contribution in [3.63, 3.8) is 0 Å². The summed E-state index contributed by atoms with van der Waals surface area (Å²) >= 11 is 0. The Hall–Kier alpha value is -2.41. The van der Waals surface area contributed by atoms with Crippen molar-refractivity contribution >= 4 is 15.8 Å². The molecule has 0 aliphatic carbocycles. The molecule has 0 aliphatic rings. The van der Waals surface area contributed by atoms with Gasteiger partial charge in [-0.15, -0.1) is 0 Å². The van der Waals surface area contributed by atoms with Crippen LogP contribution in [-0.2, 0) is 9.84 Å². The number of carboxylic acids is 1. The molecule has 0 aliphatic heterocycles. The van der Waals surface area contributed by atoms with Gasteiger partial charge >= 0.3 is 5.97 Å². The molecule has 0 atom stereocenters. The van der Waals surface area contributed by atoms with E-state index in [-0.39, 0.29) is 16.3 Å². The first-order valence-corrected chi connectivity index (χ1v) is 7.84. The van der Waals surface area contributed by atoms with Gasteiger partial charge in [-0.25, -0.2) is 18.2 Å². The van der Waals surface area contributed by atoms with Gasteiger partial charge in [-0.2, -0.15) is 0 Å². The smallest absolute Gasteiger partial charge is 0.337 e. The molecule has 1 heterocycles. The lowest BCUT2D eigenvalue weighted by molar-refractivity contribution is 0.0696. The molecular formula is C14H13NO5S. The van der Waals surface area contributed by atoms with Gasteiger partial charge in [0.2, 0.25) is 5.88 Å². The fraction of sp³-hybridized carbons (Fsp3) is 0.143. The number of hydrogen-bond donors (Lipinski definition) is 1. The third-order valence-corrected chi connectivity index (χ3v) is 3.84. The van der Waals surface area contributed by atoms with Crippen molar-refractivity contribution < 1.29 is 23.1 Å². The minimum absolute atomic E-state index is 0.0599. The molecule has 110 valence electrons. The zero-order valence-corrected chi connectivity index (χ0v) is 12.2. The molecule has 7 heteroatoms. The minimum Gasteiger partial charge on any atom is -0.478 e. The van der Waals surface area contributed by atoms with E-state index in [1.54, 1.807) is 19.1 Å².